The SMILES string of the molecule is Cc1c(CNc2nnc(C)c3ncc(N4CCC(O)C4)cc23)cccc1C(F)(F)F. The normalized spacial score (nSPS) is 17.0. The molecule has 0 aliphatic carbocycles. The molecule has 3 heterocycles. The third kappa shape index (κ3) is 3.89. The molecule has 0 saturated carbocycles. The zero-order valence-electron chi connectivity index (χ0n) is 16.7. The predicted octanol–water partition coefficient (Wildman–Crippen LogP) is 3.84. The highest BCUT2D eigenvalue weighted by atomic mass is 19.4. The van der Waals surface area contributed by atoms with E-state index in [9.17, 15) is 18.3 Å². The first kappa shape index (κ1) is 20.3. The van der Waals surface area contributed by atoms with Gasteiger partial charge in [-0.25, -0.2) is 0 Å². The highest BCUT2D eigenvalue weighted by molar-refractivity contribution is 5.92. The summed E-state index contributed by atoms with van der Waals surface area (Å²) in [6.45, 7) is 4.73. The first-order valence-electron chi connectivity index (χ1n) is 9.69. The monoisotopic (exact) mass is 417 g/mol. The van der Waals surface area contributed by atoms with E-state index in [-0.39, 0.29) is 18.2 Å². The number of aromatic nitrogens is 3. The lowest BCUT2D eigenvalue weighted by Gasteiger charge is -2.19. The van der Waals surface area contributed by atoms with Gasteiger partial charge in [-0.15, -0.1) is 5.10 Å². The fourth-order valence-corrected chi connectivity index (χ4v) is 3.79. The quantitative estimate of drug-likeness (QED) is 0.672. The summed E-state index contributed by atoms with van der Waals surface area (Å²) in [6, 6.07) is 6.09. The van der Waals surface area contributed by atoms with Crippen LogP contribution in [0.15, 0.2) is 30.5 Å². The molecule has 0 radical (unpaired) electrons. The second-order valence-electron chi connectivity index (χ2n) is 7.55. The molecule has 0 bridgehead atoms. The summed E-state index contributed by atoms with van der Waals surface area (Å²) in [5.74, 6) is 0.460. The molecule has 1 fully saturated rings. The zero-order chi connectivity index (χ0) is 21.5. The molecule has 0 spiro atoms. The number of β-amino-alcohol motifs (C(OH)–C–C–N with tert-alkyl or cyclic N) is 1. The Balaban J connectivity index is 1.65. The number of nitrogens with one attached hydrogen (secondary N) is 1. The second-order valence-corrected chi connectivity index (χ2v) is 7.55. The van der Waals surface area contributed by atoms with Crippen LogP contribution in [0.4, 0.5) is 24.7 Å². The van der Waals surface area contributed by atoms with Crippen LogP contribution in [0.2, 0.25) is 0 Å². The van der Waals surface area contributed by atoms with Crippen molar-refractivity contribution in [3.63, 3.8) is 0 Å². The van der Waals surface area contributed by atoms with Crippen LogP contribution in [-0.2, 0) is 12.7 Å². The molecule has 6 nitrogen and oxygen atoms in total. The van der Waals surface area contributed by atoms with E-state index in [1.807, 2.05) is 17.9 Å². The number of anilines is 2. The van der Waals surface area contributed by atoms with Crippen molar-refractivity contribution in [2.24, 2.45) is 0 Å². The number of nitrogens with zero attached hydrogens (tertiary/aromatic N) is 4. The maximum atomic E-state index is 13.2. The summed E-state index contributed by atoms with van der Waals surface area (Å²) < 4.78 is 39.6. The Morgan fingerprint density at radius 2 is 2.03 bits per heavy atom. The summed E-state index contributed by atoms with van der Waals surface area (Å²) >= 11 is 0. The van der Waals surface area contributed by atoms with Crippen molar-refractivity contribution in [3.8, 4) is 0 Å². The van der Waals surface area contributed by atoms with Gasteiger partial charge in [-0.1, -0.05) is 12.1 Å². The van der Waals surface area contributed by atoms with Crippen molar-refractivity contribution >= 4 is 22.4 Å². The average molecular weight is 417 g/mol. The molecule has 1 aliphatic heterocycles. The van der Waals surface area contributed by atoms with Gasteiger partial charge in [0, 0.05) is 25.0 Å². The zero-order valence-corrected chi connectivity index (χ0v) is 16.7. The van der Waals surface area contributed by atoms with Crippen LogP contribution in [0.3, 0.4) is 0 Å². The molecule has 1 unspecified atom stereocenters. The summed E-state index contributed by atoms with van der Waals surface area (Å²) in [6.07, 6.45) is -2.31. The van der Waals surface area contributed by atoms with Gasteiger partial charge in [0.25, 0.3) is 0 Å². The second kappa shape index (κ2) is 7.71. The highest BCUT2D eigenvalue weighted by Gasteiger charge is 2.32. The number of aryl methyl sites for hydroxylation is 1. The van der Waals surface area contributed by atoms with Crippen molar-refractivity contribution in [2.75, 3.05) is 23.3 Å². The third-order valence-electron chi connectivity index (χ3n) is 5.50. The fourth-order valence-electron chi connectivity index (χ4n) is 3.79. The molecule has 30 heavy (non-hydrogen) atoms. The summed E-state index contributed by atoms with van der Waals surface area (Å²) in [4.78, 5) is 6.56. The molecule has 0 amide bonds. The summed E-state index contributed by atoms with van der Waals surface area (Å²) in [5, 5.41) is 22.0. The number of aliphatic hydroxyl groups is 1. The van der Waals surface area contributed by atoms with Crippen molar-refractivity contribution in [1.29, 1.82) is 0 Å². The molecule has 2 aromatic heterocycles. The number of aliphatic hydroxyl groups excluding tert-OH is 1. The van der Waals surface area contributed by atoms with Gasteiger partial charge >= 0.3 is 6.18 Å². The molecule has 1 aromatic carbocycles. The Morgan fingerprint density at radius 1 is 1.23 bits per heavy atom. The summed E-state index contributed by atoms with van der Waals surface area (Å²) in [7, 11) is 0. The van der Waals surface area contributed by atoms with Gasteiger partial charge in [0.05, 0.1) is 34.8 Å². The standard InChI is InChI=1S/C21H22F3N5O/c1-12-14(4-3-5-18(12)21(22,23)24)9-26-20-17-8-15(29-7-6-16(30)11-29)10-25-19(17)13(2)27-28-20/h3-5,8,10,16,30H,6-7,9,11H2,1-2H3,(H,26,28). The van der Waals surface area contributed by atoms with Gasteiger partial charge in [-0.2, -0.15) is 18.3 Å². The van der Waals surface area contributed by atoms with E-state index in [0.717, 1.165) is 23.7 Å². The highest BCUT2D eigenvalue weighted by Crippen LogP contribution is 2.33. The van der Waals surface area contributed by atoms with Crippen LogP contribution in [0.25, 0.3) is 10.9 Å². The van der Waals surface area contributed by atoms with Gasteiger partial charge in [-0.3, -0.25) is 4.98 Å². The Hall–Kier alpha value is -2.94. The molecular formula is C21H22F3N5O. The van der Waals surface area contributed by atoms with E-state index in [4.69, 9.17) is 0 Å². The van der Waals surface area contributed by atoms with E-state index in [1.165, 1.54) is 13.0 Å². The Bertz CT molecular complexity index is 1090. The minimum absolute atomic E-state index is 0.176. The smallest absolute Gasteiger partial charge is 0.391 e. The van der Waals surface area contributed by atoms with E-state index < -0.39 is 11.7 Å². The maximum Gasteiger partial charge on any atom is 0.416 e. The molecule has 1 atom stereocenters. The van der Waals surface area contributed by atoms with Crippen LogP contribution in [0.5, 0.6) is 0 Å². The average Bonchev–Trinajstić information content (AvgIpc) is 3.14. The van der Waals surface area contributed by atoms with Crippen LogP contribution in [0.1, 0.15) is 28.8 Å². The molecule has 1 aliphatic rings. The molecule has 4 rings (SSSR count). The largest absolute Gasteiger partial charge is 0.416 e. The predicted molar refractivity (Wildman–Crippen MR) is 108 cm³/mol. The molecule has 1 saturated heterocycles. The Morgan fingerprint density at radius 3 is 2.73 bits per heavy atom. The molecule has 3 aromatic rings. The minimum atomic E-state index is -4.39. The number of fused-ring (bicyclic) bond motifs is 1. The number of alkyl halides is 3. The third-order valence-corrected chi connectivity index (χ3v) is 5.50. The van der Waals surface area contributed by atoms with E-state index in [1.54, 1.807) is 12.3 Å². The van der Waals surface area contributed by atoms with Gasteiger partial charge in [0.1, 0.15) is 0 Å². The van der Waals surface area contributed by atoms with Gasteiger partial charge in [0.2, 0.25) is 0 Å². The Kier molecular flexibility index (Phi) is 5.23. The lowest BCUT2D eigenvalue weighted by atomic mass is 10.0. The number of hydrogen-bond acceptors (Lipinski definition) is 6. The van der Waals surface area contributed by atoms with E-state index in [2.05, 4.69) is 20.5 Å². The van der Waals surface area contributed by atoms with Gasteiger partial charge < -0.3 is 15.3 Å². The minimum Gasteiger partial charge on any atom is -0.391 e. The van der Waals surface area contributed by atoms with E-state index >= 15 is 0 Å². The first-order chi connectivity index (χ1) is 14.2. The van der Waals surface area contributed by atoms with E-state index in [0.29, 0.717) is 35.6 Å². The fraction of sp³-hybridized carbons (Fsp3) is 0.381. The number of rotatable bonds is 4. The molecule has 9 heteroatoms. The molecule has 158 valence electrons. The van der Waals surface area contributed by atoms with Crippen LogP contribution >= 0.6 is 0 Å². The number of hydrogen-bond donors (Lipinski definition) is 2. The topological polar surface area (TPSA) is 74.2 Å². The van der Waals surface area contributed by atoms with Crippen molar-refractivity contribution in [1.82, 2.24) is 15.2 Å². The molecule has 2 N–H and O–H groups in total. The number of benzene rings is 1. The lowest BCUT2D eigenvalue weighted by molar-refractivity contribution is -0.138. The van der Waals surface area contributed by atoms with Crippen LogP contribution < -0.4 is 10.2 Å². The van der Waals surface area contributed by atoms with Crippen LogP contribution in [0, 0.1) is 13.8 Å². The summed E-state index contributed by atoms with van der Waals surface area (Å²) in [5.41, 5.74) is 2.29. The molecular weight excluding hydrogens is 395 g/mol. The van der Waals surface area contributed by atoms with Crippen molar-refractivity contribution < 1.29 is 18.3 Å². The van der Waals surface area contributed by atoms with Crippen molar-refractivity contribution in [2.45, 2.75) is 39.1 Å². The maximum absolute atomic E-state index is 13.2. The van der Waals surface area contributed by atoms with Crippen molar-refractivity contribution in [3.05, 3.63) is 52.8 Å². The number of pyridine rings is 1. The number of halogens is 3. The Labute approximate surface area is 171 Å². The van der Waals surface area contributed by atoms with Crippen LogP contribution in [-0.4, -0.2) is 39.5 Å². The lowest BCUT2D eigenvalue weighted by Crippen LogP contribution is -2.21. The van der Waals surface area contributed by atoms with Gasteiger partial charge in [-0.05, 0) is 43.5 Å². The first-order valence-corrected chi connectivity index (χ1v) is 9.69. The van der Waals surface area contributed by atoms with Gasteiger partial charge in [0.15, 0.2) is 5.82 Å².